The Labute approximate surface area is 384 Å². The van der Waals surface area contributed by atoms with E-state index in [9.17, 15) is 57.8 Å². The zero-order valence-electron chi connectivity index (χ0n) is 37.4. The van der Waals surface area contributed by atoms with Crippen molar-refractivity contribution < 1.29 is 63.0 Å². The van der Waals surface area contributed by atoms with Crippen LogP contribution in [0, 0.1) is 5.92 Å². The van der Waals surface area contributed by atoms with Gasteiger partial charge in [0.05, 0.1) is 12.9 Å². The van der Waals surface area contributed by atoms with Gasteiger partial charge in [0.1, 0.15) is 48.3 Å². The number of imidazole rings is 1. The van der Waals surface area contributed by atoms with Gasteiger partial charge in [0, 0.05) is 44.1 Å². The van der Waals surface area contributed by atoms with Gasteiger partial charge in [-0.1, -0.05) is 13.8 Å². The summed E-state index contributed by atoms with van der Waals surface area (Å²) < 4.78 is 0. The van der Waals surface area contributed by atoms with Gasteiger partial charge in [-0.15, -0.1) is 0 Å². The molecule has 0 unspecified atom stereocenters. The number of primary amides is 3. The van der Waals surface area contributed by atoms with E-state index in [1.165, 1.54) is 19.4 Å². The molecular weight excluding hydrogens is 889 g/mol. The number of amides is 10. The normalized spacial score (nSPS) is 14.5. The van der Waals surface area contributed by atoms with E-state index in [0.717, 1.165) is 0 Å². The Morgan fingerprint density at radius 2 is 1.10 bits per heavy atom. The van der Waals surface area contributed by atoms with Crippen molar-refractivity contribution in [3.63, 3.8) is 0 Å². The van der Waals surface area contributed by atoms with E-state index in [1.807, 2.05) is 0 Å². The number of carboxylic acids is 1. The lowest BCUT2D eigenvalue weighted by molar-refractivity contribution is -0.138. The highest BCUT2D eigenvalue weighted by Gasteiger charge is 2.35. The summed E-state index contributed by atoms with van der Waals surface area (Å²) in [6.07, 6.45) is -0.459. The molecule has 0 saturated carbocycles. The maximum Gasteiger partial charge on any atom is 0.303 e. The predicted octanol–water partition coefficient (Wildman–Crippen LogP) is -7.72. The molecule has 0 bridgehead atoms. The number of hydrogen-bond acceptors (Lipinski definition) is 15. The van der Waals surface area contributed by atoms with Crippen LogP contribution in [0.15, 0.2) is 17.5 Å². The molecule has 0 saturated heterocycles. The number of hydrogen-bond donors (Lipinski definition) is 16. The number of guanidine groups is 1. The second-order valence-corrected chi connectivity index (χ2v) is 15.6. The summed E-state index contributed by atoms with van der Waals surface area (Å²) in [5, 5.41) is 35.3. The van der Waals surface area contributed by atoms with Crippen molar-refractivity contribution in [3.05, 3.63) is 18.2 Å². The summed E-state index contributed by atoms with van der Waals surface area (Å²) in [5.41, 5.74) is 32.6. The van der Waals surface area contributed by atoms with E-state index in [2.05, 4.69) is 52.2 Å². The van der Waals surface area contributed by atoms with Gasteiger partial charge < -0.3 is 86.8 Å². The fourth-order valence-corrected chi connectivity index (χ4v) is 5.89. The molecule has 0 aliphatic rings. The number of aromatic nitrogens is 2. The number of aliphatic hydroxyl groups is 1. The molecule has 0 spiro atoms. The SMILES string of the molecule is CC(C)[C@H](NC(=O)[C@H](CCCN=C(N)N)NC(=O)[C@H](CCC(N)=O)NC(=O)[C@H](Cc1cnc[nH]1)NC(=O)[C@H](CCC(=O)O)NC(=O)[C@H](C)NC(=O)[C@@H](N)CO)C(=O)N[C@@H](CCC(N)=O)C(N)=O. The summed E-state index contributed by atoms with van der Waals surface area (Å²) in [6.45, 7) is 3.59. The summed E-state index contributed by atoms with van der Waals surface area (Å²) in [7, 11) is 0. The molecule has 0 aliphatic heterocycles. The first-order chi connectivity index (χ1) is 31.4. The molecule has 0 aliphatic carbocycles. The fraction of sp³-hybridized carbons (Fsp3) is 0.605. The number of aromatic amines is 1. The third kappa shape index (κ3) is 22.4. The van der Waals surface area contributed by atoms with Gasteiger partial charge in [-0.05, 0) is 44.9 Å². The first-order valence-corrected chi connectivity index (χ1v) is 21.0. The van der Waals surface area contributed by atoms with Crippen molar-refractivity contribution in [1.82, 2.24) is 47.2 Å². The highest BCUT2D eigenvalue weighted by atomic mass is 16.4. The lowest BCUT2D eigenvalue weighted by atomic mass is 10.0. The lowest BCUT2D eigenvalue weighted by Crippen LogP contribution is -2.61. The van der Waals surface area contributed by atoms with Crippen molar-refractivity contribution in [2.24, 2.45) is 45.3 Å². The van der Waals surface area contributed by atoms with Crippen molar-refractivity contribution in [2.75, 3.05) is 13.2 Å². The van der Waals surface area contributed by atoms with Crippen LogP contribution in [0.2, 0.25) is 0 Å². The zero-order valence-corrected chi connectivity index (χ0v) is 37.4. The number of aliphatic imine (C=N–C) groups is 1. The number of aliphatic hydroxyl groups excluding tert-OH is 1. The minimum absolute atomic E-state index is 0.0214. The number of nitrogens with zero attached hydrogens (tertiary/aromatic N) is 2. The van der Waals surface area contributed by atoms with Crippen LogP contribution in [0.25, 0.3) is 0 Å². The van der Waals surface area contributed by atoms with Crippen LogP contribution >= 0.6 is 0 Å². The Morgan fingerprint density at radius 3 is 1.58 bits per heavy atom. The van der Waals surface area contributed by atoms with Crippen LogP contribution in [0.3, 0.4) is 0 Å². The van der Waals surface area contributed by atoms with Crippen LogP contribution in [-0.2, 0) is 59.2 Å². The smallest absolute Gasteiger partial charge is 0.303 e. The molecule has 8 atom stereocenters. The van der Waals surface area contributed by atoms with Gasteiger partial charge >= 0.3 is 5.97 Å². The number of carbonyl (C=O) groups is 11. The van der Waals surface area contributed by atoms with Crippen molar-refractivity contribution in [2.45, 2.75) is 127 Å². The summed E-state index contributed by atoms with van der Waals surface area (Å²) in [5.74, 6) is -11.7. The molecule has 374 valence electrons. The van der Waals surface area contributed by atoms with E-state index in [1.54, 1.807) is 13.8 Å². The highest BCUT2D eigenvalue weighted by Crippen LogP contribution is 2.10. The molecule has 0 radical (unpaired) electrons. The zero-order chi connectivity index (χ0) is 51.0. The summed E-state index contributed by atoms with van der Waals surface area (Å²) in [4.78, 5) is 152. The van der Waals surface area contributed by atoms with Crippen LogP contribution < -0.4 is 71.6 Å². The van der Waals surface area contributed by atoms with Gasteiger partial charge in [-0.2, -0.15) is 0 Å². The Morgan fingerprint density at radius 1 is 0.627 bits per heavy atom. The summed E-state index contributed by atoms with van der Waals surface area (Å²) >= 11 is 0. The number of rotatable bonds is 32. The molecule has 67 heavy (non-hydrogen) atoms. The van der Waals surface area contributed by atoms with Crippen molar-refractivity contribution in [1.29, 1.82) is 0 Å². The number of nitrogens with two attached hydrogens (primary N) is 6. The molecule has 1 aromatic heterocycles. The van der Waals surface area contributed by atoms with Crippen LogP contribution in [0.1, 0.15) is 77.8 Å². The van der Waals surface area contributed by atoms with Crippen LogP contribution in [0.4, 0.5) is 0 Å². The minimum Gasteiger partial charge on any atom is -0.481 e. The fourth-order valence-electron chi connectivity index (χ4n) is 5.89. The predicted molar refractivity (Wildman–Crippen MR) is 234 cm³/mol. The van der Waals surface area contributed by atoms with Gasteiger partial charge in [-0.25, -0.2) is 4.98 Å². The molecule has 1 heterocycles. The first kappa shape index (κ1) is 57.6. The topological polar surface area (TPSA) is 510 Å². The second-order valence-electron chi connectivity index (χ2n) is 15.6. The number of aliphatic carboxylic acids is 1. The Bertz CT molecular complexity index is 1930. The van der Waals surface area contributed by atoms with E-state index >= 15 is 0 Å². The largest absolute Gasteiger partial charge is 0.481 e. The Balaban J connectivity index is 3.53. The minimum atomic E-state index is -1.64. The van der Waals surface area contributed by atoms with Crippen LogP contribution in [0.5, 0.6) is 0 Å². The third-order valence-electron chi connectivity index (χ3n) is 9.65. The third-order valence-corrected chi connectivity index (χ3v) is 9.65. The molecule has 22 N–H and O–H groups in total. The average molecular weight is 953 g/mol. The van der Waals surface area contributed by atoms with Gasteiger partial charge in [-0.3, -0.25) is 57.7 Å². The second kappa shape index (κ2) is 29.2. The number of H-pyrrole nitrogens is 1. The van der Waals surface area contributed by atoms with Gasteiger partial charge in [0.25, 0.3) is 0 Å². The number of carbonyl (C=O) groups excluding carboxylic acids is 10. The molecule has 0 fully saturated rings. The molecule has 29 nitrogen and oxygen atoms in total. The van der Waals surface area contributed by atoms with E-state index in [0.29, 0.717) is 0 Å². The maximum atomic E-state index is 14.1. The molecule has 29 heteroatoms. The van der Waals surface area contributed by atoms with E-state index in [4.69, 9.17) is 39.5 Å². The van der Waals surface area contributed by atoms with E-state index < -0.39 is 152 Å². The average Bonchev–Trinajstić information content (AvgIpc) is 3.76. The van der Waals surface area contributed by atoms with E-state index in [-0.39, 0.29) is 50.3 Å². The summed E-state index contributed by atoms with van der Waals surface area (Å²) in [6, 6.07) is -11.7. The molecule has 10 amide bonds. The van der Waals surface area contributed by atoms with Crippen molar-refractivity contribution in [3.8, 4) is 0 Å². The van der Waals surface area contributed by atoms with Crippen molar-refractivity contribution >= 4 is 71.0 Å². The van der Waals surface area contributed by atoms with Crippen LogP contribution in [-0.4, -0.2) is 153 Å². The monoisotopic (exact) mass is 952 g/mol. The molecule has 1 rings (SSSR count). The Hall–Kier alpha value is -7.43. The number of nitrogens with one attached hydrogen (secondary N) is 8. The highest BCUT2D eigenvalue weighted by molar-refractivity contribution is 5.98. The number of carboxylic acid groups (broad SMARTS) is 1. The Kier molecular flexibility index (Phi) is 25.1. The quantitative estimate of drug-likeness (QED) is 0.0181. The maximum absolute atomic E-state index is 14.1. The molecule has 0 aromatic carbocycles. The lowest BCUT2D eigenvalue weighted by Gasteiger charge is -2.28. The molecular formula is C38H64N16O13. The van der Waals surface area contributed by atoms with Gasteiger partial charge in [0.15, 0.2) is 5.96 Å². The first-order valence-electron chi connectivity index (χ1n) is 21.0. The molecule has 1 aromatic rings. The van der Waals surface area contributed by atoms with Gasteiger partial charge in [0.2, 0.25) is 59.1 Å². The standard InChI is InChI=1S/C38H64N16O13/c1-17(2)29(37(67)49-21(30(42)60)6-9-26(40)56)54-35(65)22(5-4-12-46-38(43)44)51-33(63)23(7-10-27(41)57)52-36(66)25(13-19-14-45-16-47-19)53-34(64)24(8-11-28(58)59)50-31(61)18(3)48-32(62)20(39)15-55/h14,16-18,20-25,29,55H,4-13,15,39H2,1-3H3,(H2,40,56)(H2,41,57)(H2,42,60)(H,45,47)(H,48,62)(H,49,67)(H,50,61)(H,51,63)(H,52,66)(H,53,64)(H,54,65)(H,58,59)(H4,43,44,46)/t18-,20-,21-,22-,23-,24-,25-,29-/m0/s1.